The molecule has 0 saturated carbocycles. The maximum Gasteiger partial charge on any atom is 0.161 e. The van der Waals surface area contributed by atoms with Gasteiger partial charge in [0.1, 0.15) is 19.0 Å². The Kier molecular flexibility index (Phi) is 5.75. The van der Waals surface area contributed by atoms with Crippen LogP contribution in [0.15, 0.2) is 42.6 Å². The molecule has 0 bridgehead atoms. The number of hydrogen-bond acceptors (Lipinski definition) is 6. The molecule has 1 aromatic carbocycles. The number of fused-ring (bicyclic) bond motifs is 1. The average molecular weight is 369 g/mol. The van der Waals surface area contributed by atoms with Crippen molar-refractivity contribution in [1.82, 2.24) is 9.88 Å². The third-order valence-electron chi connectivity index (χ3n) is 5.25. The summed E-state index contributed by atoms with van der Waals surface area (Å²) in [6.07, 6.45) is 3.11. The Labute approximate surface area is 160 Å². The second-order valence-corrected chi connectivity index (χ2v) is 7.08. The maximum absolute atomic E-state index is 10.5. The van der Waals surface area contributed by atoms with E-state index in [9.17, 15) is 5.11 Å². The number of ether oxygens (including phenoxy) is 2. The summed E-state index contributed by atoms with van der Waals surface area (Å²) in [7, 11) is 0. The van der Waals surface area contributed by atoms with Crippen molar-refractivity contribution in [2.45, 2.75) is 18.9 Å². The number of aliphatic hydroxyl groups is 1. The van der Waals surface area contributed by atoms with Gasteiger partial charge in [-0.25, -0.2) is 4.98 Å². The molecular formula is C21H27N3O3. The van der Waals surface area contributed by atoms with Crippen molar-refractivity contribution in [3.63, 3.8) is 0 Å². The summed E-state index contributed by atoms with van der Waals surface area (Å²) in [6.45, 7) is 6.24. The highest BCUT2D eigenvalue weighted by molar-refractivity contribution is 5.44. The lowest BCUT2D eigenvalue weighted by molar-refractivity contribution is 0.150. The van der Waals surface area contributed by atoms with Crippen molar-refractivity contribution in [3.05, 3.63) is 48.2 Å². The van der Waals surface area contributed by atoms with Gasteiger partial charge in [-0.2, -0.15) is 0 Å². The second-order valence-electron chi connectivity index (χ2n) is 7.08. The van der Waals surface area contributed by atoms with E-state index in [4.69, 9.17) is 9.47 Å². The monoisotopic (exact) mass is 369 g/mol. The number of anilines is 1. The zero-order chi connectivity index (χ0) is 18.5. The number of aromatic nitrogens is 1. The van der Waals surface area contributed by atoms with Crippen LogP contribution in [-0.2, 0) is 0 Å². The first kappa shape index (κ1) is 18.1. The van der Waals surface area contributed by atoms with Crippen LogP contribution in [0.5, 0.6) is 11.5 Å². The Bertz CT molecular complexity index is 733. The summed E-state index contributed by atoms with van der Waals surface area (Å²) in [5, 5.41) is 10.5. The number of hydrogen-bond donors (Lipinski definition) is 1. The van der Waals surface area contributed by atoms with Crippen molar-refractivity contribution in [2.75, 3.05) is 50.8 Å². The van der Waals surface area contributed by atoms with E-state index in [1.54, 1.807) is 0 Å². The lowest BCUT2D eigenvalue weighted by Gasteiger charge is -2.35. The fourth-order valence-corrected chi connectivity index (χ4v) is 3.68. The van der Waals surface area contributed by atoms with Crippen molar-refractivity contribution >= 4 is 5.82 Å². The molecule has 27 heavy (non-hydrogen) atoms. The lowest BCUT2D eigenvalue weighted by atomic mass is 10.0. The molecule has 2 aliphatic heterocycles. The standard InChI is InChI=1S/C21H27N3O3/c25-18(17-6-7-19-20(16-17)27-15-14-26-19)4-3-9-23-10-12-24(13-11-23)21-5-1-2-8-22-21/h1-2,5-8,16,18,25H,3-4,9-15H2. The topological polar surface area (TPSA) is 58.1 Å². The Morgan fingerprint density at radius 1 is 1.00 bits per heavy atom. The van der Waals surface area contributed by atoms with Crippen LogP contribution in [0.4, 0.5) is 5.82 Å². The quantitative estimate of drug-likeness (QED) is 0.844. The molecule has 3 heterocycles. The van der Waals surface area contributed by atoms with Crippen LogP contribution in [0.2, 0.25) is 0 Å². The molecule has 4 rings (SSSR count). The van der Waals surface area contributed by atoms with E-state index in [1.807, 2.05) is 36.5 Å². The van der Waals surface area contributed by atoms with E-state index in [0.717, 1.165) is 68.4 Å². The van der Waals surface area contributed by atoms with E-state index in [2.05, 4.69) is 20.9 Å². The largest absolute Gasteiger partial charge is 0.486 e. The molecule has 1 unspecified atom stereocenters. The van der Waals surface area contributed by atoms with Crippen molar-refractivity contribution in [1.29, 1.82) is 0 Å². The fraction of sp³-hybridized carbons (Fsp3) is 0.476. The van der Waals surface area contributed by atoms with Crippen LogP contribution >= 0.6 is 0 Å². The molecule has 0 aliphatic carbocycles. The molecule has 6 heteroatoms. The third kappa shape index (κ3) is 4.51. The van der Waals surface area contributed by atoms with Crippen LogP contribution < -0.4 is 14.4 Å². The average Bonchev–Trinajstić information content (AvgIpc) is 2.74. The van der Waals surface area contributed by atoms with E-state index in [0.29, 0.717) is 13.2 Å². The zero-order valence-electron chi connectivity index (χ0n) is 15.6. The predicted molar refractivity (Wildman–Crippen MR) is 105 cm³/mol. The molecule has 1 aromatic heterocycles. The Balaban J connectivity index is 1.21. The summed E-state index contributed by atoms with van der Waals surface area (Å²) < 4.78 is 11.1. The minimum absolute atomic E-state index is 0.462. The third-order valence-corrected chi connectivity index (χ3v) is 5.25. The number of aliphatic hydroxyl groups excluding tert-OH is 1. The summed E-state index contributed by atoms with van der Waals surface area (Å²) in [5.41, 5.74) is 0.902. The molecule has 2 aromatic rings. The van der Waals surface area contributed by atoms with Gasteiger partial charge >= 0.3 is 0 Å². The first-order valence-corrected chi connectivity index (χ1v) is 9.75. The molecule has 1 saturated heterocycles. The molecule has 1 atom stereocenters. The summed E-state index contributed by atoms with van der Waals surface area (Å²) in [6, 6.07) is 11.8. The van der Waals surface area contributed by atoms with Gasteiger partial charge in [-0.3, -0.25) is 4.90 Å². The Morgan fingerprint density at radius 2 is 1.81 bits per heavy atom. The van der Waals surface area contributed by atoms with Gasteiger partial charge in [0.05, 0.1) is 6.10 Å². The van der Waals surface area contributed by atoms with Crippen molar-refractivity contribution in [3.8, 4) is 11.5 Å². The lowest BCUT2D eigenvalue weighted by Crippen LogP contribution is -2.46. The molecule has 6 nitrogen and oxygen atoms in total. The van der Waals surface area contributed by atoms with Crippen LogP contribution in [0.25, 0.3) is 0 Å². The van der Waals surface area contributed by atoms with Gasteiger partial charge in [0, 0.05) is 32.4 Å². The van der Waals surface area contributed by atoms with Gasteiger partial charge < -0.3 is 19.5 Å². The highest BCUT2D eigenvalue weighted by Crippen LogP contribution is 2.33. The van der Waals surface area contributed by atoms with Crippen molar-refractivity contribution in [2.24, 2.45) is 0 Å². The highest BCUT2D eigenvalue weighted by atomic mass is 16.6. The number of pyridine rings is 1. The number of piperazine rings is 1. The Morgan fingerprint density at radius 3 is 2.59 bits per heavy atom. The maximum atomic E-state index is 10.5. The van der Waals surface area contributed by atoms with Crippen molar-refractivity contribution < 1.29 is 14.6 Å². The van der Waals surface area contributed by atoms with Crippen LogP contribution in [0.1, 0.15) is 24.5 Å². The number of nitrogens with zero attached hydrogens (tertiary/aromatic N) is 3. The predicted octanol–water partition coefficient (Wildman–Crippen LogP) is 2.49. The number of benzene rings is 1. The van der Waals surface area contributed by atoms with E-state index in [-0.39, 0.29) is 0 Å². The zero-order valence-corrected chi connectivity index (χ0v) is 15.6. The van der Waals surface area contributed by atoms with E-state index >= 15 is 0 Å². The molecule has 1 N–H and O–H groups in total. The van der Waals surface area contributed by atoms with Crippen LogP contribution in [0, 0.1) is 0 Å². The Hall–Kier alpha value is -2.31. The van der Waals surface area contributed by atoms with Gasteiger partial charge in [0.25, 0.3) is 0 Å². The van der Waals surface area contributed by atoms with Crippen LogP contribution in [0.3, 0.4) is 0 Å². The summed E-state index contributed by atoms with van der Waals surface area (Å²) in [4.78, 5) is 9.23. The molecule has 0 radical (unpaired) electrons. The minimum Gasteiger partial charge on any atom is -0.486 e. The van der Waals surface area contributed by atoms with Gasteiger partial charge in [-0.15, -0.1) is 0 Å². The molecule has 0 spiro atoms. The molecule has 1 fully saturated rings. The van der Waals surface area contributed by atoms with Crippen LogP contribution in [-0.4, -0.2) is 60.9 Å². The van der Waals surface area contributed by atoms with Gasteiger partial charge in [0.2, 0.25) is 0 Å². The second kappa shape index (κ2) is 8.59. The highest BCUT2D eigenvalue weighted by Gasteiger charge is 2.19. The van der Waals surface area contributed by atoms with Gasteiger partial charge in [-0.05, 0) is 49.2 Å². The first-order chi connectivity index (χ1) is 13.3. The van der Waals surface area contributed by atoms with Gasteiger partial charge in [0.15, 0.2) is 11.5 Å². The minimum atomic E-state index is -0.462. The molecule has 144 valence electrons. The molecular weight excluding hydrogens is 342 g/mol. The van der Waals surface area contributed by atoms with E-state index in [1.165, 1.54) is 0 Å². The van der Waals surface area contributed by atoms with E-state index < -0.39 is 6.10 Å². The number of rotatable bonds is 6. The molecule has 2 aliphatic rings. The van der Waals surface area contributed by atoms with Gasteiger partial charge in [-0.1, -0.05) is 12.1 Å². The summed E-state index contributed by atoms with van der Waals surface area (Å²) >= 11 is 0. The molecule has 0 amide bonds. The normalized spacial score (nSPS) is 18.3. The SMILES string of the molecule is OC(CCCN1CCN(c2ccccn2)CC1)c1ccc2c(c1)OCCO2. The summed E-state index contributed by atoms with van der Waals surface area (Å²) in [5.74, 6) is 2.57. The fourth-order valence-electron chi connectivity index (χ4n) is 3.68. The smallest absolute Gasteiger partial charge is 0.161 e. The first-order valence-electron chi connectivity index (χ1n) is 9.75.